The van der Waals surface area contributed by atoms with Crippen LogP contribution in [0.2, 0.25) is 0 Å². The van der Waals surface area contributed by atoms with Crippen molar-refractivity contribution in [2.75, 3.05) is 20.7 Å². The van der Waals surface area contributed by atoms with E-state index in [2.05, 4.69) is 23.9 Å². The van der Waals surface area contributed by atoms with E-state index in [0.717, 1.165) is 41.7 Å². The van der Waals surface area contributed by atoms with Crippen molar-refractivity contribution in [2.45, 2.75) is 26.3 Å². The minimum Gasteiger partial charge on any atom is -0.497 e. The molecule has 3 aromatic rings. The summed E-state index contributed by atoms with van der Waals surface area (Å²) in [5.41, 5.74) is 3.63. The van der Waals surface area contributed by atoms with Crippen molar-refractivity contribution in [1.29, 1.82) is 0 Å². The zero-order chi connectivity index (χ0) is 18.5. The van der Waals surface area contributed by atoms with E-state index >= 15 is 0 Å². The van der Waals surface area contributed by atoms with Crippen molar-refractivity contribution >= 4 is 10.9 Å². The number of hydrogen-bond donors (Lipinski definition) is 1. The zero-order valence-corrected chi connectivity index (χ0v) is 15.7. The summed E-state index contributed by atoms with van der Waals surface area (Å²) >= 11 is 0. The van der Waals surface area contributed by atoms with Gasteiger partial charge in [-0.2, -0.15) is 0 Å². The van der Waals surface area contributed by atoms with Gasteiger partial charge in [-0.1, -0.05) is 43.7 Å². The number of pyridine rings is 1. The summed E-state index contributed by atoms with van der Waals surface area (Å²) in [5, 5.41) is 0.669. The largest absolute Gasteiger partial charge is 0.497 e. The number of aromatic amines is 1. The molecule has 0 saturated carbocycles. The molecule has 0 spiro atoms. The van der Waals surface area contributed by atoms with E-state index in [1.165, 1.54) is 0 Å². The lowest BCUT2D eigenvalue weighted by Gasteiger charge is -2.19. The smallest absolute Gasteiger partial charge is 0.194 e. The van der Waals surface area contributed by atoms with Gasteiger partial charge in [0.2, 0.25) is 0 Å². The van der Waals surface area contributed by atoms with Crippen LogP contribution in [0, 0.1) is 0 Å². The molecule has 3 rings (SSSR count). The molecule has 0 aliphatic carbocycles. The van der Waals surface area contributed by atoms with E-state index in [-0.39, 0.29) is 5.43 Å². The number of unbranched alkanes of at least 4 members (excludes halogenated alkanes) is 1. The van der Waals surface area contributed by atoms with Crippen LogP contribution < -0.4 is 10.2 Å². The topological polar surface area (TPSA) is 45.3 Å². The maximum absolute atomic E-state index is 13.3. The van der Waals surface area contributed by atoms with Crippen LogP contribution in [0.1, 0.15) is 25.3 Å². The van der Waals surface area contributed by atoms with Crippen LogP contribution in [-0.4, -0.2) is 30.6 Å². The Hall–Kier alpha value is -2.59. The summed E-state index contributed by atoms with van der Waals surface area (Å²) in [6.07, 6.45) is 2.26. The predicted octanol–water partition coefficient (Wildman–Crippen LogP) is 4.44. The Labute approximate surface area is 154 Å². The van der Waals surface area contributed by atoms with Crippen molar-refractivity contribution < 1.29 is 4.74 Å². The highest BCUT2D eigenvalue weighted by Gasteiger charge is 2.15. The molecule has 1 heterocycles. The Morgan fingerprint density at radius 1 is 1.12 bits per heavy atom. The first kappa shape index (κ1) is 18.2. The molecule has 0 amide bonds. The molecule has 26 heavy (non-hydrogen) atoms. The summed E-state index contributed by atoms with van der Waals surface area (Å²) in [6.45, 7) is 3.77. The first-order valence-electron chi connectivity index (χ1n) is 9.11. The lowest BCUT2D eigenvalue weighted by Crippen LogP contribution is -2.24. The monoisotopic (exact) mass is 350 g/mol. The quantitative estimate of drug-likeness (QED) is 0.685. The SMILES string of the molecule is CCCCN(C)Cc1c(-c2ccccc2)[nH]c2ccc(OC)cc2c1=O. The van der Waals surface area contributed by atoms with Crippen LogP contribution in [-0.2, 0) is 6.54 Å². The van der Waals surface area contributed by atoms with Gasteiger partial charge in [-0.15, -0.1) is 0 Å². The molecule has 0 fully saturated rings. The second-order valence-corrected chi connectivity index (χ2v) is 6.68. The molecule has 2 aromatic carbocycles. The molecule has 136 valence electrons. The third-order valence-electron chi connectivity index (χ3n) is 4.69. The first-order chi connectivity index (χ1) is 12.6. The van der Waals surface area contributed by atoms with E-state index in [9.17, 15) is 4.79 Å². The number of ether oxygens (including phenoxy) is 1. The number of aromatic nitrogens is 1. The molecular formula is C22H26N2O2. The minimum atomic E-state index is 0.0693. The molecule has 4 heteroatoms. The Morgan fingerprint density at radius 3 is 2.58 bits per heavy atom. The molecule has 0 radical (unpaired) electrons. The van der Waals surface area contributed by atoms with Gasteiger partial charge in [0.1, 0.15) is 5.75 Å². The van der Waals surface area contributed by atoms with Gasteiger partial charge in [-0.25, -0.2) is 0 Å². The fourth-order valence-corrected chi connectivity index (χ4v) is 3.21. The highest BCUT2D eigenvalue weighted by molar-refractivity contribution is 5.84. The van der Waals surface area contributed by atoms with Gasteiger partial charge in [-0.3, -0.25) is 4.79 Å². The number of methoxy groups -OCH3 is 1. The standard InChI is InChI=1S/C22H26N2O2/c1-4-5-13-24(2)15-19-21(16-9-7-6-8-10-16)23-20-12-11-17(26-3)14-18(20)22(19)25/h6-12,14H,4-5,13,15H2,1-3H3,(H,23,25). The molecule has 0 saturated heterocycles. The van der Waals surface area contributed by atoms with Crippen molar-refractivity contribution in [3.05, 3.63) is 64.3 Å². The highest BCUT2D eigenvalue weighted by Crippen LogP contribution is 2.25. The normalized spacial score (nSPS) is 11.2. The molecule has 0 atom stereocenters. The van der Waals surface area contributed by atoms with Crippen LogP contribution in [0.25, 0.3) is 22.2 Å². The van der Waals surface area contributed by atoms with Crippen molar-refractivity contribution in [1.82, 2.24) is 9.88 Å². The Bertz CT molecular complexity index is 932. The maximum atomic E-state index is 13.3. The minimum absolute atomic E-state index is 0.0693. The van der Waals surface area contributed by atoms with Crippen LogP contribution in [0.5, 0.6) is 5.75 Å². The highest BCUT2D eigenvalue weighted by atomic mass is 16.5. The number of rotatable bonds is 7. The molecule has 1 aromatic heterocycles. The summed E-state index contributed by atoms with van der Waals surface area (Å²) in [6, 6.07) is 15.7. The first-order valence-corrected chi connectivity index (χ1v) is 9.11. The fourth-order valence-electron chi connectivity index (χ4n) is 3.21. The fraction of sp³-hybridized carbons (Fsp3) is 0.318. The lowest BCUT2D eigenvalue weighted by atomic mass is 10.0. The summed E-state index contributed by atoms with van der Waals surface area (Å²) in [4.78, 5) is 19.0. The molecule has 1 N–H and O–H groups in total. The number of hydrogen-bond acceptors (Lipinski definition) is 3. The van der Waals surface area contributed by atoms with E-state index in [1.807, 2.05) is 48.5 Å². The van der Waals surface area contributed by atoms with Crippen molar-refractivity contribution in [3.63, 3.8) is 0 Å². The molecular weight excluding hydrogens is 324 g/mol. The van der Waals surface area contributed by atoms with Gasteiger partial charge in [0.25, 0.3) is 0 Å². The number of H-pyrrole nitrogens is 1. The Kier molecular flexibility index (Phi) is 5.74. The Balaban J connectivity index is 2.16. The third kappa shape index (κ3) is 3.81. The number of nitrogens with one attached hydrogen (secondary N) is 1. The van der Waals surface area contributed by atoms with Crippen molar-refractivity contribution in [3.8, 4) is 17.0 Å². The van der Waals surface area contributed by atoms with E-state index in [4.69, 9.17) is 4.74 Å². The second kappa shape index (κ2) is 8.19. The van der Waals surface area contributed by atoms with Crippen LogP contribution >= 0.6 is 0 Å². The van der Waals surface area contributed by atoms with Crippen LogP contribution in [0.3, 0.4) is 0 Å². The van der Waals surface area contributed by atoms with Gasteiger partial charge >= 0.3 is 0 Å². The predicted molar refractivity (Wildman–Crippen MR) is 108 cm³/mol. The van der Waals surface area contributed by atoms with E-state index in [1.54, 1.807) is 7.11 Å². The molecule has 0 aliphatic heterocycles. The molecule has 4 nitrogen and oxygen atoms in total. The average Bonchev–Trinajstić information content (AvgIpc) is 2.68. The molecule has 0 unspecified atom stereocenters. The van der Waals surface area contributed by atoms with Crippen LogP contribution in [0.15, 0.2) is 53.3 Å². The zero-order valence-electron chi connectivity index (χ0n) is 15.7. The molecule has 0 aliphatic rings. The number of nitrogens with zero attached hydrogens (tertiary/aromatic N) is 1. The summed E-state index contributed by atoms with van der Waals surface area (Å²) in [5.74, 6) is 0.695. The van der Waals surface area contributed by atoms with E-state index in [0.29, 0.717) is 17.7 Å². The van der Waals surface area contributed by atoms with Crippen molar-refractivity contribution in [2.24, 2.45) is 0 Å². The third-order valence-corrected chi connectivity index (χ3v) is 4.69. The van der Waals surface area contributed by atoms with E-state index < -0.39 is 0 Å². The van der Waals surface area contributed by atoms with Crippen LogP contribution in [0.4, 0.5) is 0 Å². The summed E-state index contributed by atoms with van der Waals surface area (Å²) in [7, 11) is 3.69. The van der Waals surface area contributed by atoms with Gasteiger partial charge in [0.15, 0.2) is 5.43 Å². The molecule has 0 bridgehead atoms. The summed E-state index contributed by atoms with van der Waals surface area (Å²) < 4.78 is 5.30. The van der Waals surface area contributed by atoms with Gasteiger partial charge in [0.05, 0.1) is 18.3 Å². The second-order valence-electron chi connectivity index (χ2n) is 6.68. The number of benzene rings is 2. The van der Waals surface area contributed by atoms with Gasteiger partial charge in [0, 0.05) is 17.5 Å². The average molecular weight is 350 g/mol. The lowest BCUT2D eigenvalue weighted by molar-refractivity contribution is 0.320. The number of fused-ring (bicyclic) bond motifs is 1. The van der Waals surface area contributed by atoms with Gasteiger partial charge in [-0.05, 0) is 43.8 Å². The van der Waals surface area contributed by atoms with Gasteiger partial charge < -0.3 is 14.6 Å². The Morgan fingerprint density at radius 2 is 1.88 bits per heavy atom. The maximum Gasteiger partial charge on any atom is 0.194 e.